The molecule has 0 spiro atoms. The Labute approximate surface area is 93.8 Å². The molecule has 0 aliphatic heterocycles. The molecule has 15 heavy (non-hydrogen) atoms. The zero-order chi connectivity index (χ0) is 10.4. The molecule has 0 bridgehead atoms. The highest BCUT2D eigenvalue weighted by Crippen LogP contribution is 2.37. The fourth-order valence-corrected chi connectivity index (χ4v) is 3.29. The van der Waals surface area contributed by atoms with E-state index in [0.29, 0.717) is 0 Å². The topological polar surface area (TPSA) is 12.9 Å². The largest absolute Gasteiger partial charge is 0.241 e. The van der Waals surface area contributed by atoms with E-state index in [4.69, 9.17) is 0 Å². The normalized spacial score (nSPS) is 13.5. The predicted octanol–water partition coefficient (Wildman–Crippen LogP) is 3.53. The lowest BCUT2D eigenvalue weighted by Crippen LogP contribution is -2.03. The third-order valence-electron chi connectivity index (χ3n) is 3.07. The van der Waals surface area contributed by atoms with Crippen LogP contribution < -0.4 is 0 Å². The van der Waals surface area contributed by atoms with E-state index in [0.717, 1.165) is 0 Å². The summed E-state index contributed by atoms with van der Waals surface area (Å²) in [5.74, 6) is 0. The number of hydrogen-bond donors (Lipinski definition) is 0. The molecule has 2 heteroatoms. The molecule has 2 aromatic rings. The minimum Gasteiger partial charge on any atom is -0.241 e. The van der Waals surface area contributed by atoms with Crippen LogP contribution in [0.1, 0.15) is 21.0 Å². The number of aryl methyl sites for hydroxylation is 3. The number of aromatic nitrogens is 1. The van der Waals surface area contributed by atoms with Crippen LogP contribution in [-0.4, -0.2) is 4.98 Å². The fourth-order valence-electron chi connectivity index (χ4n) is 2.34. The molecular weight excluding hydrogens is 202 g/mol. The monoisotopic (exact) mass is 215 g/mol. The maximum Gasteiger partial charge on any atom is 0.0904 e. The Bertz CT molecular complexity index is 525. The first-order valence-corrected chi connectivity index (χ1v) is 6.12. The molecule has 1 aliphatic carbocycles. The molecule has 0 unspecified atom stereocenters. The smallest absolute Gasteiger partial charge is 0.0904 e. The van der Waals surface area contributed by atoms with Crippen molar-refractivity contribution in [2.24, 2.45) is 0 Å². The summed E-state index contributed by atoms with van der Waals surface area (Å²) in [6.07, 6.45) is 2.34. The Morgan fingerprint density at radius 2 is 2.07 bits per heavy atom. The molecule has 1 aromatic carbocycles. The number of benzene rings is 1. The van der Waals surface area contributed by atoms with Crippen LogP contribution >= 0.6 is 11.3 Å². The molecule has 1 nitrogen and oxygen atoms in total. The van der Waals surface area contributed by atoms with Gasteiger partial charge in [-0.25, -0.2) is 4.98 Å². The average Bonchev–Trinajstić information content (AvgIpc) is 2.59. The summed E-state index contributed by atoms with van der Waals surface area (Å²) in [7, 11) is 0. The SMILES string of the molecule is Cc1nc2c(s1)CCc1c(C)cccc1-2. The second-order valence-corrected chi connectivity index (χ2v) is 5.39. The average molecular weight is 215 g/mol. The first kappa shape index (κ1) is 9.10. The predicted molar refractivity (Wildman–Crippen MR) is 64.4 cm³/mol. The molecule has 0 atom stereocenters. The van der Waals surface area contributed by atoms with Crippen LogP contribution in [0.4, 0.5) is 0 Å². The van der Waals surface area contributed by atoms with Crippen molar-refractivity contribution in [1.29, 1.82) is 0 Å². The summed E-state index contributed by atoms with van der Waals surface area (Å²) in [6, 6.07) is 6.54. The van der Waals surface area contributed by atoms with Gasteiger partial charge in [0.25, 0.3) is 0 Å². The van der Waals surface area contributed by atoms with Gasteiger partial charge < -0.3 is 0 Å². The Morgan fingerprint density at radius 1 is 1.20 bits per heavy atom. The molecular formula is C13H13NS. The Kier molecular flexibility index (Phi) is 1.93. The molecule has 1 aromatic heterocycles. The van der Waals surface area contributed by atoms with Crippen molar-refractivity contribution >= 4 is 11.3 Å². The van der Waals surface area contributed by atoms with Crippen molar-refractivity contribution in [3.63, 3.8) is 0 Å². The zero-order valence-electron chi connectivity index (χ0n) is 9.00. The van der Waals surface area contributed by atoms with Gasteiger partial charge in [-0.15, -0.1) is 11.3 Å². The summed E-state index contributed by atoms with van der Waals surface area (Å²) in [4.78, 5) is 6.12. The lowest BCUT2D eigenvalue weighted by atomic mass is 9.90. The Morgan fingerprint density at radius 3 is 2.93 bits per heavy atom. The summed E-state index contributed by atoms with van der Waals surface area (Å²) in [6.45, 7) is 4.29. The highest BCUT2D eigenvalue weighted by Gasteiger charge is 2.20. The molecule has 0 saturated heterocycles. The first-order chi connectivity index (χ1) is 7.25. The van der Waals surface area contributed by atoms with Gasteiger partial charge in [0, 0.05) is 10.4 Å². The zero-order valence-corrected chi connectivity index (χ0v) is 9.82. The molecule has 3 rings (SSSR count). The van der Waals surface area contributed by atoms with Gasteiger partial charge >= 0.3 is 0 Å². The number of fused-ring (bicyclic) bond motifs is 3. The third kappa shape index (κ3) is 1.32. The molecule has 1 aliphatic rings. The lowest BCUT2D eigenvalue weighted by Gasteiger charge is -2.16. The van der Waals surface area contributed by atoms with E-state index >= 15 is 0 Å². The van der Waals surface area contributed by atoms with Crippen molar-refractivity contribution in [3.8, 4) is 11.3 Å². The van der Waals surface area contributed by atoms with E-state index < -0.39 is 0 Å². The van der Waals surface area contributed by atoms with E-state index in [2.05, 4.69) is 37.0 Å². The molecule has 1 heterocycles. The van der Waals surface area contributed by atoms with Crippen LogP contribution in [0.3, 0.4) is 0 Å². The highest BCUT2D eigenvalue weighted by molar-refractivity contribution is 7.12. The number of nitrogens with zero attached hydrogens (tertiary/aromatic N) is 1. The maximum atomic E-state index is 4.65. The van der Waals surface area contributed by atoms with E-state index in [1.54, 1.807) is 0 Å². The Balaban J connectivity index is 2.29. The number of hydrogen-bond acceptors (Lipinski definition) is 2. The molecule has 0 fully saturated rings. The summed E-state index contributed by atoms with van der Waals surface area (Å²) in [5.41, 5.74) is 5.50. The maximum absolute atomic E-state index is 4.65. The first-order valence-electron chi connectivity index (χ1n) is 5.31. The Hall–Kier alpha value is -1.15. The fraction of sp³-hybridized carbons (Fsp3) is 0.308. The van der Waals surface area contributed by atoms with Crippen molar-refractivity contribution in [1.82, 2.24) is 4.98 Å². The number of rotatable bonds is 0. The third-order valence-corrected chi connectivity index (χ3v) is 4.10. The minimum atomic E-state index is 1.17. The van der Waals surface area contributed by atoms with Crippen LogP contribution in [0.2, 0.25) is 0 Å². The van der Waals surface area contributed by atoms with Gasteiger partial charge in [-0.1, -0.05) is 18.2 Å². The summed E-state index contributed by atoms with van der Waals surface area (Å²) < 4.78 is 0. The van der Waals surface area contributed by atoms with Crippen LogP contribution in [0.25, 0.3) is 11.3 Å². The van der Waals surface area contributed by atoms with Crippen LogP contribution in [-0.2, 0) is 12.8 Å². The van der Waals surface area contributed by atoms with Crippen LogP contribution in [0.15, 0.2) is 18.2 Å². The molecule has 0 saturated carbocycles. The molecule has 0 amide bonds. The van der Waals surface area contributed by atoms with E-state index in [1.165, 1.54) is 45.1 Å². The van der Waals surface area contributed by atoms with Crippen LogP contribution in [0.5, 0.6) is 0 Å². The van der Waals surface area contributed by atoms with Crippen molar-refractivity contribution < 1.29 is 0 Å². The van der Waals surface area contributed by atoms with Gasteiger partial charge in [-0.2, -0.15) is 0 Å². The summed E-state index contributed by atoms with van der Waals surface area (Å²) in [5, 5.41) is 1.19. The molecule has 76 valence electrons. The van der Waals surface area contributed by atoms with Crippen molar-refractivity contribution in [2.45, 2.75) is 26.7 Å². The van der Waals surface area contributed by atoms with Gasteiger partial charge in [-0.3, -0.25) is 0 Å². The number of thiazole rings is 1. The highest BCUT2D eigenvalue weighted by atomic mass is 32.1. The summed E-state index contributed by atoms with van der Waals surface area (Å²) >= 11 is 1.85. The van der Waals surface area contributed by atoms with Gasteiger partial charge in [0.15, 0.2) is 0 Å². The minimum absolute atomic E-state index is 1.17. The van der Waals surface area contributed by atoms with Gasteiger partial charge in [0.1, 0.15) is 0 Å². The quantitative estimate of drug-likeness (QED) is 0.655. The van der Waals surface area contributed by atoms with Crippen molar-refractivity contribution in [3.05, 3.63) is 39.2 Å². The van der Waals surface area contributed by atoms with Gasteiger partial charge in [-0.05, 0) is 37.8 Å². The van der Waals surface area contributed by atoms with Gasteiger partial charge in [0.05, 0.1) is 10.7 Å². The standard InChI is InChI=1S/C13H13NS/c1-8-4-3-5-11-10(8)6-7-12-13(11)14-9(2)15-12/h3-5H,6-7H2,1-2H3. The van der Waals surface area contributed by atoms with E-state index in [1.807, 2.05) is 11.3 Å². The lowest BCUT2D eigenvalue weighted by molar-refractivity contribution is 0.942. The second kappa shape index (κ2) is 3.17. The second-order valence-electron chi connectivity index (χ2n) is 4.11. The van der Waals surface area contributed by atoms with E-state index in [9.17, 15) is 0 Å². The van der Waals surface area contributed by atoms with Crippen molar-refractivity contribution in [2.75, 3.05) is 0 Å². The van der Waals surface area contributed by atoms with Gasteiger partial charge in [0.2, 0.25) is 0 Å². The molecule has 0 N–H and O–H groups in total. The van der Waals surface area contributed by atoms with E-state index in [-0.39, 0.29) is 0 Å². The van der Waals surface area contributed by atoms with Crippen LogP contribution in [0, 0.1) is 13.8 Å². The molecule has 0 radical (unpaired) electrons.